The molecule has 0 spiro atoms. The second-order valence-corrected chi connectivity index (χ2v) is 4.23. The molecule has 2 rings (SSSR count). The highest BCUT2D eigenvalue weighted by atomic mass is 19.4. The molecular formula is C12H11F3N2O4. The summed E-state index contributed by atoms with van der Waals surface area (Å²) < 4.78 is 41.6. The first-order valence-corrected chi connectivity index (χ1v) is 5.91. The summed E-state index contributed by atoms with van der Waals surface area (Å²) in [4.78, 5) is 23.9. The van der Waals surface area contributed by atoms with Crippen molar-refractivity contribution in [2.75, 3.05) is 24.6 Å². The van der Waals surface area contributed by atoms with Gasteiger partial charge in [-0.25, -0.2) is 9.59 Å². The highest BCUT2D eigenvalue weighted by Gasteiger charge is 2.31. The fraction of sp³-hybridized carbons (Fsp3) is 0.333. The maximum Gasteiger partial charge on any atom is 0.405 e. The number of aromatic carboxylic acids is 1. The fourth-order valence-corrected chi connectivity index (χ4v) is 1.90. The van der Waals surface area contributed by atoms with E-state index in [9.17, 15) is 22.8 Å². The number of benzene rings is 1. The van der Waals surface area contributed by atoms with E-state index in [1.807, 2.05) is 0 Å². The number of carbonyl (C=O) groups is 2. The van der Waals surface area contributed by atoms with Gasteiger partial charge in [0, 0.05) is 0 Å². The Morgan fingerprint density at radius 2 is 2.10 bits per heavy atom. The molecule has 0 aliphatic carbocycles. The molecule has 0 saturated carbocycles. The molecule has 0 aromatic heterocycles. The second kappa shape index (κ2) is 5.51. The van der Waals surface area contributed by atoms with Crippen LogP contribution in [0, 0.1) is 0 Å². The lowest BCUT2D eigenvalue weighted by molar-refractivity contribution is -0.122. The van der Waals surface area contributed by atoms with Crippen molar-refractivity contribution in [3.05, 3.63) is 23.8 Å². The van der Waals surface area contributed by atoms with E-state index in [0.29, 0.717) is 0 Å². The lowest BCUT2D eigenvalue weighted by atomic mass is 10.1. The van der Waals surface area contributed by atoms with Crippen molar-refractivity contribution >= 4 is 17.7 Å². The summed E-state index contributed by atoms with van der Waals surface area (Å²) in [6.07, 6.45) is -4.52. The van der Waals surface area contributed by atoms with Crippen LogP contribution in [0.5, 0.6) is 5.75 Å². The van der Waals surface area contributed by atoms with Gasteiger partial charge >= 0.3 is 18.2 Å². The molecule has 9 heteroatoms. The predicted octanol–water partition coefficient (Wildman–Crippen LogP) is 1.86. The van der Waals surface area contributed by atoms with Crippen molar-refractivity contribution < 1.29 is 32.6 Å². The molecule has 0 saturated heterocycles. The minimum atomic E-state index is -4.52. The number of hydrogen-bond donors (Lipinski definition) is 2. The molecule has 0 unspecified atom stereocenters. The first-order valence-electron chi connectivity index (χ1n) is 5.91. The van der Waals surface area contributed by atoms with Gasteiger partial charge in [-0.1, -0.05) is 6.07 Å². The van der Waals surface area contributed by atoms with E-state index in [-0.39, 0.29) is 30.2 Å². The second-order valence-electron chi connectivity index (χ2n) is 4.23. The zero-order chi connectivity index (χ0) is 15.6. The summed E-state index contributed by atoms with van der Waals surface area (Å²) in [6, 6.07) is 3.13. The number of para-hydroxylation sites is 1. The number of carbonyl (C=O) groups excluding carboxylic acids is 1. The molecule has 6 nitrogen and oxygen atoms in total. The zero-order valence-electron chi connectivity index (χ0n) is 10.6. The van der Waals surface area contributed by atoms with Crippen molar-refractivity contribution in [1.29, 1.82) is 0 Å². The Bertz CT molecular complexity index is 574. The minimum absolute atomic E-state index is 0.00324. The molecule has 0 fully saturated rings. The molecule has 1 aromatic rings. The summed E-state index contributed by atoms with van der Waals surface area (Å²) in [5, 5.41) is 10.8. The van der Waals surface area contributed by atoms with Crippen LogP contribution in [0.15, 0.2) is 18.2 Å². The Morgan fingerprint density at radius 3 is 2.71 bits per heavy atom. The Labute approximate surface area is 117 Å². The number of anilines is 1. The number of alkyl halides is 3. The summed E-state index contributed by atoms with van der Waals surface area (Å²) in [7, 11) is 0. The first-order chi connectivity index (χ1) is 9.79. The summed E-state index contributed by atoms with van der Waals surface area (Å²) in [5.74, 6) is -1.28. The maximum atomic E-state index is 12.1. The van der Waals surface area contributed by atoms with Crippen molar-refractivity contribution in [3.8, 4) is 5.75 Å². The van der Waals surface area contributed by atoms with Gasteiger partial charge in [0.2, 0.25) is 0 Å². The molecule has 2 amide bonds. The molecule has 2 N–H and O–H groups in total. The van der Waals surface area contributed by atoms with E-state index in [1.54, 1.807) is 5.32 Å². The monoisotopic (exact) mass is 304 g/mol. The Morgan fingerprint density at radius 1 is 1.38 bits per heavy atom. The number of nitrogens with zero attached hydrogens (tertiary/aromatic N) is 1. The van der Waals surface area contributed by atoms with E-state index < -0.39 is 24.7 Å². The Balaban J connectivity index is 2.24. The lowest BCUT2D eigenvalue weighted by Crippen LogP contribution is -2.47. The van der Waals surface area contributed by atoms with E-state index >= 15 is 0 Å². The lowest BCUT2D eigenvalue weighted by Gasteiger charge is -2.30. The van der Waals surface area contributed by atoms with Gasteiger partial charge in [0.15, 0.2) is 5.75 Å². The van der Waals surface area contributed by atoms with Crippen molar-refractivity contribution in [2.24, 2.45) is 0 Å². The molecule has 1 aliphatic rings. The number of ether oxygens (including phenoxy) is 1. The molecule has 0 atom stereocenters. The summed E-state index contributed by atoms with van der Waals surface area (Å²) in [6.45, 7) is -1.44. The summed E-state index contributed by atoms with van der Waals surface area (Å²) in [5.41, 5.74) is -0.0263. The third kappa shape index (κ3) is 3.36. The molecule has 1 aliphatic heterocycles. The van der Waals surface area contributed by atoms with Crippen LogP contribution in [0.3, 0.4) is 0 Å². The van der Waals surface area contributed by atoms with Gasteiger partial charge in [-0.3, -0.25) is 4.90 Å². The average Bonchev–Trinajstić information content (AvgIpc) is 2.42. The van der Waals surface area contributed by atoms with Gasteiger partial charge in [-0.2, -0.15) is 13.2 Å². The Hall–Kier alpha value is -2.45. The molecule has 1 aromatic carbocycles. The number of hydrogen-bond acceptors (Lipinski definition) is 3. The number of halogens is 3. The van der Waals surface area contributed by atoms with Crippen molar-refractivity contribution in [3.63, 3.8) is 0 Å². The molecule has 114 valence electrons. The van der Waals surface area contributed by atoms with E-state index in [0.717, 1.165) is 4.90 Å². The average molecular weight is 304 g/mol. The van der Waals surface area contributed by atoms with Crippen molar-refractivity contribution in [1.82, 2.24) is 5.32 Å². The van der Waals surface area contributed by atoms with Gasteiger partial charge in [0.05, 0.1) is 12.2 Å². The highest BCUT2D eigenvalue weighted by Crippen LogP contribution is 2.35. The van der Waals surface area contributed by atoms with Crippen LogP contribution in [0.1, 0.15) is 10.4 Å². The van der Waals surface area contributed by atoms with E-state index in [4.69, 9.17) is 9.84 Å². The topological polar surface area (TPSA) is 78.9 Å². The molecule has 0 bridgehead atoms. The highest BCUT2D eigenvalue weighted by molar-refractivity contribution is 5.99. The molecule has 1 heterocycles. The SMILES string of the molecule is O=C(O)c1cccc2c1OCCN2C(=O)NCC(F)(F)F. The minimum Gasteiger partial charge on any atom is -0.489 e. The van der Waals surface area contributed by atoms with Crippen LogP contribution in [0.25, 0.3) is 0 Å². The van der Waals surface area contributed by atoms with Crippen LogP contribution in [0.2, 0.25) is 0 Å². The van der Waals surface area contributed by atoms with Crippen LogP contribution >= 0.6 is 0 Å². The van der Waals surface area contributed by atoms with E-state index in [2.05, 4.69) is 0 Å². The Kier molecular flexibility index (Phi) is 3.92. The number of rotatable bonds is 2. The molecule has 0 radical (unpaired) electrons. The fourth-order valence-electron chi connectivity index (χ4n) is 1.90. The number of carboxylic acid groups (broad SMARTS) is 1. The van der Waals surface area contributed by atoms with Gasteiger partial charge in [0.1, 0.15) is 18.7 Å². The van der Waals surface area contributed by atoms with Crippen LogP contribution < -0.4 is 15.0 Å². The van der Waals surface area contributed by atoms with Gasteiger partial charge in [0.25, 0.3) is 0 Å². The smallest absolute Gasteiger partial charge is 0.405 e. The van der Waals surface area contributed by atoms with Gasteiger partial charge in [-0.05, 0) is 12.1 Å². The zero-order valence-corrected chi connectivity index (χ0v) is 10.6. The molecular weight excluding hydrogens is 293 g/mol. The number of urea groups is 1. The van der Waals surface area contributed by atoms with Crippen LogP contribution in [-0.4, -0.2) is 43.0 Å². The first kappa shape index (κ1) is 14.9. The largest absolute Gasteiger partial charge is 0.489 e. The maximum absolute atomic E-state index is 12.1. The summed E-state index contributed by atoms with van der Waals surface area (Å²) >= 11 is 0. The van der Waals surface area contributed by atoms with Crippen LogP contribution in [0.4, 0.5) is 23.7 Å². The van der Waals surface area contributed by atoms with Gasteiger partial charge < -0.3 is 15.2 Å². The van der Waals surface area contributed by atoms with Crippen molar-refractivity contribution in [2.45, 2.75) is 6.18 Å². The number of fused-ring (bicyclic) bond motifs is 1. The van der Waals surface area contributed by atoms with Gasteiger partial charge in [-0.15, -0.1) is 0 Å². The third-order valence-corrected chi connectivity index (χ3v) is 2.76. The number of amides is 2. The van der Waals surface area contributed by atoms with E-state index in [1.165, 1.54) is 18.2 Å². The molecule has 21 heavy (non-hydrogen) atoms. The third-order valence-electron chi connectivity index (χ3n) is 2.76. The number of nitrogens with one attached hydrogen (secondary N) is 1. The standard InChI is InChI=1S/C12H11F3N2O4/c13-12(14,15)6-16-11(20)17-4-5-21-9-7(10(18)19)2-1-3-8(9)17/h1-3H,4-6H2,(H,16,20)(H,18,19). The van der Waals surface area contributed by atoms with Crippen LogP contribution in [-0.2, 0) is 0 Å². The predicted molar refractivity (Wildman–Crippen MR) is 65.7 cm³/mol. The quantitative estimate of drug-likeness (QED) is 0.874. The normalized spacial score (nSPS) is 14.1. The number of carboxylic acids is 1.